The number of esters is 1. The van der Waals surface area contributed by atoms with Crippen LogP contribution in [0.25, 0.3) is 10.8 Å². The molecule has 184 valence electrons. The molecule has 0 aromatic heterocycles. The number of ether oxygens (including phenoxy) is 3. The number of Topliss-reactive ketones (excluding diaryl/α,β-unsaturated/α-hetero) is 2. The number of carbonyl (C=O) groups excluding carboxylic acids is 4. The van der Waals surface area contributed by atoms with Crippen LogP contribution >= 0.6 is 0 Å². The molecule has 4 rings (SSSR count). The summed E-state index contributed by atoms with van der Waals surface area (Å²) in [5.74, 6) is -6.35. The third kappa shape index (κ3) is 2.83. The Morgan fingerprint density at radius 3 is 2.34 bits per heavy atom. The van der Waals surface area contributed by atoms with Crippen LogP contribution in [0, 0.1) is 6.92 Å². The van der Waals surface area contributed by atoms with E-state index in [2.05, 4.69) is 0 Å². The Morgan fingerprint density at radius 1 is 1.11 bits per heavy atom. The first kappa shape index (κ1) is 24.3. The molecule has 0 amide bonds. The van der Waals surface area contributed by atoms with Crippen LogP contribution in [0.15, 0.2) is 24.0 Å². The molecule has 3 atom stereocenters. The molecule has 0 heterocycles. The number of aryl methyl sites for hydroxylation is 1. The Hall–Kier alpha value is -3.80. The van der Waals surface area contributed by atoms with Crippen LogP contribution in [-0.2, 0) is 14.3 Å². The van der Waals surface area contributed by atoms with E-state index >= 15 is 0 Å². The fourth-order valence-corrected chi connectivity index (χ4v) is 4.80. The number of aliphatic hydroxyl groups is 3. The number of ketones is 3. The molecule has 2 aliphatic carbocycles. The molecule has 2 aliphatic rings. The number of hydrogen-bond acceptors (Lipinski definition) is 11. The number of hydrogen-bond donors (Lipinski definition) is 4. The number of fused-ring (bicyclic) bond motifs is 3. The van der Waals surface area contributed by atoms with Crippen LogP contribution in [0.2, 0.25) is 0 Å². The zero-order valence-corrected chi connectivity index (χ0v) is 19.2. The lowest BCUT2D eigenvalue weighted by molar-refractivity contribution is -0.172. The molecule has 2 aromatic carbocycles. The topological polar surface area (TPSA) is 177 Å². The van der Waals surface area contributed by atoms with Gasteiger partial charge in [-0.2, -0.15) is 0 Å². The van der Waals surface area contributed by atoms with Gasteiger partial charge < -0.3 is 34.6 Å². The van der Waals surface area contributed by atoms with Crippen molar-refractivity contribution in [1.29, 1.82) is 0 Å². The van der Waals surface area contributed by atoms with Crippen molar-refractivity contribution in [3.05, 3.63) is 46.2 Å². The first-order valence-corrected chi connectivity index (χ1v) is 10.5. The maximum Gasteiger partial charge on any atom is 0.341 e. The molecule has 0 saturated carbocycles. The fraction of sp³-hybridized carbons (Fsp3) is 0.333. The second kappa shape index (κ2) is 7.87. The molecular weight excluding hydrogens is 464 g/mol. The highest BCUT2D eigenvalue weighted by Crippen LogP contribution is 2.49. The van der Waals surface area contributed by atoms with E-state index in [1.165, 1.54) is 27.0 Å². The molecule has 0 spiro atoms. The van der Waals surface area contributed by atoms with Gasteiger partial charge in [0.1, 0.15) is 22.8 Å². The molecular formula is C24H22O11. The number of methoxy groups -OCH3 is 2. The Balaban J connectivity index is 2.10. The van der Waals surface area contributed by atoms with Crippen molar-refractivity contribution in [2.24, 2.45) is 0 Å². The van der Waals surface area contributed by atoms with Crippen molar-refractivity contribution < 1.29 is 53.8 Å². The number of phenolic OH excluding ortho intramolecular Hbond substituents is 1. The minimum Gasteiger partial charge on any atom is -0.507 e. The molecule has 4 N–H and O–H groups in total. The number of phenols is 1. The quantitative estimate of drug-likeness (QED) is 0.346. The molecule has 0 saturated heterocycles. The monoisotopic (exact) mass is 486 g/mol. The van der Waals surface area contributed by atoms with Crippen LogP contribution in [0.5, 0.6) is 11.5 Å². The lowest BCUT2D eigenvalue weighted by Gasteiger charge is -2.47. The van der Waals surface area contributed by atoms with Crippen molar-refractivity contribution >= 4 is 34.1 Å². The predicted octanol–water partition coefficient (Wildman–Crippen LogP) is 0.354. The number of carbonyl (C=O) groups is 4. The molecule has 11 heteroatoms. The summed E-state index contributed by atoms with van der Waals surface area (Å²) >= 11 is 0. The van der Waals surface area contributed by atoms with Gasteiger partial charge in [-0.15, -0.1) is 0 Å². The highest BCUT2D eigenvalue weighted by Gasteiger charge is 2.73. The second-order valence-corrected chi connectivity index (χ2v) is 8.20. The van der Waals surface area contributed by atoms with Gasteiger partial charge in [0.25, 0.3) is 0 Å². The summed E-state index contributed by atoms with van der Waals surface area (Å²) in [5, 5.41) is 44.3. The number of aliphatic hydroxyl groups excluding tert-OH is 1. The van der Waals surface area contributed by atoms with Gasteiger partial charge in [0.05, 0.1) is 26.4 Å². The van der Waals surface area contributed by atoms with E-state index in [9.17, 15) is 39.6 Å². The van der Waals surface area contributed by atoms with E-state index in [0.717, 1.165) is 13.2 Å². The van der Waals surface area contributed by atoms with Crippen LogP contribution in [-0.4, -0.2) is 81.9 Å². The summed E-state index contributed by atoms with van der Waals surface area (Å²) in [4.78, 5) is 52.2. The first-order chi connectivity index (χ1) is 16.4. The number of benzene rings is 2. The average Bonchev–Trinajstić information content (AvgIpc) is 2.83. The van der Waals surface area contributed by atoms with E-state index in [1.54, 1.807) is 0 Å². The summed E-state index contributed by atoms with van der Waals surface area (Å²) in [6.45, 7) is 2.92. The smallest absolute Gasteiger partial charge is 0.341 e. The number of rotatable bonds is 4. The minimum absolute atomic E-state index is 0.0421. The van der Waals surface area contributed by atoms with Gasteiger partial charge in [0.2, 0.25) is 28.6 Å². The van der Waals surface area contributed by atoms with Crippen molar-refractivity contribution in [2.75, 3.05) is 20.8 Å². The van der Waals surface area contributed by atoms with Gasteiger partial charge in [-0.25, -0.2) is 4.79 Å². The lowest BCUT2D eigenvalue weighted by Crippen LogP contribution is -2.76. The Kier molecular flexibility index (Phi) is 5.47. The maximum atomic E-state index is 13.5. The fourth-order valence-electron chi connectivity index (χ4n) is 4.80. The van der Waals surface area contributed by atoms with Gasteiger partial charge in [-0.3, -0.25) is 14.4 Å². The summed E-state index contributed by atoms with van der Waals surface area (Å²) < 4.78 is 15.1. The summed E-state index contributed by atoms with van der Waals surface area (Å²) in [6, 6.07) is 2.44. The van der Waals surface area contributed by atoms with Gasteiger partial charge in [-0.05, 0) is 36.9 Å². The molecule has 0 radical (unpaired) electrons. The van der Waals surface area contributed by atoms with Gasteiger partial charge in [0, 0.05) is 17.0 Å². The highest BCUT2D eigenvalue weighted by atomic mass is 16.5. The first-order valence-electron chi connectivity index (χ1n) is 10.5. The van der Waals surface area contributed by atoms with Crippen LogP contribution < -0.4 is 4.74 Å². The molecule has 35 heavy (non-hydrogen) atoms. The molecule has 0 bridgehead atoms. The predicted molar refractivity (Wildman–Crippen MR) is 118 cm³/mol. The van der Waals surface area contributed by atoms with E-state index in [1.807, 2.05) is 0 Å². The normalized spacial score (nSPS) is 25.6. The van der Waals surface area contributed by atoms with Crippen LogP contribution in [0.4, 0.5) is 0 Å². The average molecular weight is 486 g/mol. The SMILES string of the molecule is CCOC1=CC(=O)[C@@]2(O)C(=O)c3c(cc4cc(OC)c(C(=O)OC)c(C)c4c3O)C(=O)[C@@]2(O)[C@@H]1O. The lowest BCUT2D eigenvalue weighted by atomic mass is 9.60. The molecule has 2 aromatic rings. The third-order valence-electron chi connectivity index (χ3n) is 6.53. The molecule has 0 unspecified atom stereocenters. The summed E-state index contributed by atoms with van der Waals surface area (Å²) in [5.41, 5.74) is -7.98. The van der Waals surface area contributed by atoms with Gasteiger partial charge in [0.15, 0.2) is 6.10 Å². The molecule has 0 aliphatic heterocycles. The Bertz CT molecular complexity index is 1370. The molecule has 11 nitrogen and oxygen atoms in total. The van der Waals surface area contributed by atoms with E-state index in [4.69, 9.17) is 14.2 Å². The van der Waals surface area contributed by atoms with Crippen molar-refractivity contribution in [3.8, 4) is 11.5 Å². The van der Waals surface area contributed by atoms with E-state index < -0.39 is 63.3 Å². The van der Waals surface area contributed by atoms with E-state index in [0.29, 0.717) is 6.08 Å². The minimum atomic E-state index is -3.44. The van der Waals surface area contributed by atoms with Gasteiger partial charge in [-0.1, -0.05) is 0 Å². The van der Waals surface area contributed by atoms with Crippen LogP contribution in [0.3, 0.4) is 0 Å². The zero-order valence-electron chi connectivity index (χ0n) is 19.2. The summed E-state index contributed by atoms with van der Waals surface area (Å²) in [7, 11) is 2.43. The molecule has 0 fully saturated rings. The zero-order chi connectivity index (χ0) is 26.0. The Morgan fingerprint density at radius 2 is 1.77 bits per heavy atom. The highest BCUT2D eigenvalue weighted by molar-refractivity contribution is 6.35. The van der Waals surface area contributed by atoms with Crippen molar-refractivity contribution in [1.82, 2.24) is 0 Å². The van der Waals surface area contributed by atoms with Crippen molar-refractivity contribution in [2.45, 2.75) is 31.2 Å². The summed E-state index contributed by atoms with van der Waals surface area (Å²) in [6.07, 6.45) is -1.63. The third-order valence-corrected chi connectivity index (χ3v) is 6.53. The largest absolute Gasteiger partial charge is 0.507 e. The second-order valence-electron chi connectivity index (χ2n) is 8.20. The number of aromatic hydroxyl groups is 1. The standard InChI is InChI=1S/C24H22O11/c1-5-35-13-8-14(25)23(31)21(29)17-11(19(27)24(23,32)20(13)28)6-10-7-12(33-3)16(22(30)34-4)9(2)15(10)18(17)26/h6-8,20,26,28,31-32H,5H2,1-4H3/t20-,23-,24-/m1/s1. The Labute approximate surface area is 198 Å². The van der Waals surface area contributed by atoms with E-state index in [-0.39, 0.29) is 34.3 Å². The van der Waals surface area contributed by atoms with Crippen LogP contribution in [0.1, 0.15) is 43.6 Å². The maximum absolute atomic E-state index is 13.5. The van der Waals surface area contributed by atoms with Gasteiger partial charge >= 0.3 is 5.97 Å². The van der Waals surface area contributed by atoms with Crippen molar-refractivity contribution in [3.63, 3.8) is 0 Å².